The second-order valence-corrected chi connectivity index (χ2v) is 6.67. The lowest BCUT2D eigenvalue weighted by molar-refractivity contribution is 0.410. The number of aromatic nitrogens is 1. The van der Waals surface area contributed by atoms with E-state index in [0.29, 0.717) is 23.2 Å². The minimum atomic E-state index is 0.529. The van der Waals surface area contributed by atoms with E-state index in [-0.39, 0.29) is 0 Å². The molecule has 26 heavy (non-hydrogen) atoms. The highest BCUT2D eigenvalue weighted by molar-refractivity contribution is 5.90. The predicted molar refractivity (Wildman–Crippen MR) is 105 cm³/mol. The van der Waals surface area contributed by atoms with Crippen LogP contribution in [0.1, 0.15) is 31.7 Å². The van der Waals surface area contributed by atoms with Crippen LogP contribution >= 0.6 is 0 Å². The van der Waals surface area contributed by atoms with Crippen LogP contribution in [0, 0.1) is 5.92 Å². The van der Waals surface area contributed by atoms with Crippen LogP contribution in [0.25, 0.3) is 5.57 Å². The van der Waals surface area contributed by atoms with Crippen LogP contribution < -0.4 is 20.1 Å². The van der Waals surface area contributed by atoms with Gasteiger partial charge < -0.3 is 20.1 Å². The fourth-order valence-electron chi connectivity index (χ4n) is 3.07. The molecular formula is C21H23N3O2. The van der Waals surface area contributed by atoms with Crippen molar-refractivity contribution in [2.24, 2.45) is 5.92 Å². The third-order valence-corrected chi connectivity index (χ3v) is 4.86. The zero-order valence-electron chi connectivity index (χ0n) is 15.2. The Bertz CT molecular complexity index is 900. The lowest BCUT2D eigenvalue weighted by Gasteiger charge is -2.27. The summed E-state index contributed by atoms with van der Waals surface area (Å²) >= 11 is 0. The van der Waals surface area contributed by atoms with Gasteiger partial charge in [-0.2, -0.15) is 0 Å². The molecule has 0 radical (unpaired) electrons. The normalized spacial score (nSPS) is 14.4. The van der Waals surface area contributed by atoms with Gasteiger partial charge in [-0.05, 0) is 42.9 Å². The molecule has 1 aromatic heterocycles. The number of ether oxygens (including phenoxy) is 2. The summed E-state index contributed by atoms with van der Waals surface area (Å²) in [7, 11) is 1.65. The van der Waals surface area contributed by atoms with E-state index >= 15 is 0 Å². The number of nitrogens with zero attached hydrogens (tertiary/aromatic N) is 1. The van der Waals surface area contributed by atoms with Crippen molar-refractivity contribution in [2.75, 3.05) is 17.7 Å². The van der Waals surface area contributed by atoms with Crippen molar-refractivity contribution in [3.8, 4) is 17.2 Å². The van der Waals surface area contributed by atoms with E-state index < -0.39 is 0 Å². The average molecular weight is 349 g/mol. The highest BCUT2D eigenvalue weighted by Crippen LogP contribution is 2.51. The Labute approximate surface area is 153 Å². The third-order valence-electron chi connectivity index (χ3n) is 4.86. The summed E-state index contributed by atoms with van der Waals surface area (Å²) in [6.45, 7) is 10.4. The molecule has 1 aliphatic carbocycles. The standard InChI is InChI=1S/C21H23N3O2/c1-5-12(2)15-11-22-21(23-13(3)14-9-10-14)20-18(15)24-19-16(25-4)7-6-8-17(19)26-20/h6-8,11,14,24H,2-3,5,9-10H2,1,4H3,(H,22,23). The van der Waals surface area contributed by atoms with E-state index in [1.807, 2.05) is 24.4 Å². The van der Waals surface area contributed by atoms with Gasteiger partial charge in [-0.1, -0.05) is 26.1 Å². The molecule has 0 amide bonds. The van der Waals surface area contributed by atoms with Crippen molar-refractivity contribution < 1.29 is 9.47 Å². The van der Waals surface area contributed by atoms with Gasteiger partial charge in [0.25, 0.3) is 0 Å². The molecule has 2 aromatic rings. The largest absolute Gasteiger partial charge is 0.494 e. The summed E-state index contributed by atoms with van der Waals surface area (Å²) in [5, 5.41) is 6.83. The molecule has 1 aliphatic heterocycles. The van der Waals surface area contributed by atoms with E-state index in [2.05, 4.69) is 35.7 Å². The van der Waals surface area contributed by atoms with Crippen LogP contribution in [-0.2, 0) is 0 Å². The van der Waals surface area contributed by atoms with Crippen molar-refractivity contribution in [2.45, 2.75) is 26.2 Å². The monoisotopic (exact) mass is 349 g/mol. The molecular weight excluding hydrogens is 326 g/mol. The number of allylic oxidation sites excluding steroid dienone is 2. The maximum Gasteiger partial charge on any atom is 0.194 e. The topological polar surface area (TPSA) is 55.4 Å². The maximum atomic E-state index is 6.24. The van der Waals surface area contributed by atoms with Crippen LogP contribution in [0.3, 0.4) is 0 Å². The number of methoxy groups -OCH3 is 1. The van der Waals surface area contributed by atoms with Crippen molar-refractivity contribution in [3.05, 3.63) is 48.8 Å². The first kappa shape index (κ1) is 16.5. The van der Waals surface area contributed by atoms with E-state index in [0.717, 1.165) is 40.4 Å². The number of pyridine rings is 1. The zero-order chi connectivity index (χ0) is 18.3. The Hall–Kier alpha value is -2.95. The van der Waals surface area contributed by atoms with Crippen LogP contribution in [-0.4, -0.2) is 12.1 Å². The number of anilines is 3. The van der Waals surface area contributed by atoms with Gasteiger partial charge in [-0.25, -0.2) is 4.98 Å². The minimum Gasteiger partial charge on any atom is -0.494 e. The third kappa shape index (κ3) is 2.79. The smallest absolute Gasteiger partial charge is 0.194 e. The number of rotatable bonds is 6. The fraction of sp³-hybridized carbons (Fsp3) is 0.286. The second-order valence-electron chi connectivity index (χ2n) is 6.67. The summed E-state index contributed by atoms with van der Waals surface area (Å²) in [6.07, 6.45) is 5.02. The van der Waals surface area contributed by atoms with Gasteiger partial charge >= 0.3 is 0 Å². The van der Waals surface area contributed by atoms with Gasteiger partial charge in [0.2, 0.25) is 0 Å². The number of fused-ring (bicyclic) bond motifs is 2. The molecule has 2 heterocycles. The van der Waals surface area contributed by atoms with Crippen LogP contribution in [0.15, 0.2) is 43.3 Å². The fourth-order valence-corrected chi connectivity index (χ4v) is 3.07. The van der Waals surface area contributed by atoms with Gasteiger partial charge in [0, 0.05) is 17.5 Å². The molecule has 134 valence electrons. The number of para-hydroxylation sites is 1. The Morgan fingerprint density at radius 2 is 2.15 bits per heavy atom. The molecule has 1 aromatic carbocycles. The van der Waals surface area contributed by atoms with Crippen LogP contribution in [0.5, 0.6) is 17.2 Å². The molecule has 0 saturated heterocycles. The summed E-state index contributed by atoms with van der Waals surface area (Å²) in [6, 6.07) is 5.72. The van der Waals surface area contributed by atoms with E-state index in [1.165, 1.54) is 12.8 Å². The first-order chi connectivity index (χ1) is 12.6. The molecule has 2 aliphatic rings. The quantitative estimate of drug-likeness (QED) is 0.598. The first-order valence-electron chi connectivity index (χ1n) is 8.91. The van der Waals surface area contributed by atoms with Crippen molar-refractivity contribution >= 4 is 22.8 Å². The van der Waals surface area contributed by atoms with Gasteiger partial charge in [-0.15, -0.1) is 0 Å². The molecule has 4 rings (SSSR count). The summed E-state index contributed by atoms with van der Waals surface area (Å²) in [4.78, 5) is 4.60. The molecule has 0 unspecified atom stereocenters. The zero-order valence-corrected chi connectivity index (χ0v) is 15.2. The highest BCUT2D eigenvalue weighted by atomic mass is 16.5. The number of nitrogens with one attached hydrogen (secondary N) is 2. The lowest BCUT2D eigenvalue weighted by atomic mass is 10.0. The number of benzene rings is 1. The Kier molecular flexibility index (Phi) is 4.07. The Morgan fingerprint density at radius 3 is 2.85 bits per heavy atom. The summed E-state index contributed by atoms with van der Waals surface area (Å²) in [5.74, 6) is 3.31. The highest BCUT2D eigenvalue weighted by Gasteiger charge is 2.29. The van der Waals surface area contributed by atoms with Crippen molar-refractivity contribution in [1.82, 2.24) is 4.98 Å². The average Bonchev–Trinajstić information content (AvgIpc) is 3.51. The molecule has 1 saturated carbocycles. The Morgan fingerprint density at radius 1 is 1.35 bits per heavy atom. The number of hydrogen-bond acceptors (Lipinski definition) is 5. The van der Waals surface area contributed by atoms with E-state index in [9.17, 15) is 0 Å². The maximum absolute atomic E-state index is 6.24. The predicted octanol–water partition coefficient (Wildman–Crippen LogP) is 5.70. The molecule has 0 atom stereocenters. The Balaban J connectivity index is 1.80. The van der Waals surface area contributed by atoms with Gasteiger partial charge in [0.15, 0.2) is 17.3 Å². The number of hydrogen-bond donors (Lipinski definition) is 2. The molecule has 0 bridgehead atoms. The summed E-state index contributed by atoms with van der Waals surface area (Å²) in [5.41, 5.74) is 4.60. The van der Waals surface area contributed by atoms with Gasteiger partial charge in [0.05, 0.1) is 12.8 Å². The molecule has 2 N–H and O–H groups in total. The van der Waals surface area contributed by atoms with Gasteiger partial charge in [0.1, 0.15) is 11.4 Å². The molecule has 5 nitrogen and oxygen atoms in total. The molecule has 0 spiro atoms. The summed E-state index contributed by atoms with van der Waals surface area (Å²) < 4.78 is 11.7. The molecule has 1 fully saturated rings. The van der Waals surface area contributed by atoms with Crippen molar-refractivity contribution in [1.29, 1.82) is 0 Å². The lowest BCUT2D eigenvalue weighted by Crippen LogP contribution is -2.11. The van der Waals surface area contributed by atoms with Crippen LogP contribution in [0.4, 0.5) is 17.2 Å². The van der Waals surface area contributed by atoms with E-state index in [4.69, 9.17) is 9.47 Å². The minimum absolute atomic E-state index is 0.529. The van der Waals surface area contributed by atoms with Gasteiger partial charge in [-0.3, -0.25) is 0 Å². The van der Waals surface area contributed by atoms with E-state index in [1.54, 1.807) is 7.11 Å². The van der Waals surface area contributed by atoms with Crippen LogP contribution in [0.2, 0.25) is 0 Å². The SMILES string of the molecule is C=C(CC)c1cnc(NC(=C)C2CC2)c2c1Nc1c(OC)cccc1O2. The second kappa shape index (κ2) is 6.41. The first-order valence-corrected chi connectivity index (χ1v) is 8.91. The van der Waals surface area contributed by atoms with Crippen molar-refractivity contribution in [3.63, 3.8) is 0 Å². The molecule has 5 heteroatoms.